The Labute approximate surface area is 149 Å². The molecule has 1 aliphatic carbocycles. The number of carboxylic acids is 1. The minimum absolute atomic E-state index is 0.117. The fourth-order valence-corrected chi connectivity index (χ4v) is 3.56. The van der Waals surface area contributed by atoms with Crippen LogP contribution in [0.25, 0.3) is 0 Å². The minimum atomic E-state index is -1.00. The molecule has 130 valence electrons. The first-order chi connectivity index (χ1) is 11.9. The van der Waals surface area contributed by atoms with Crippen LogP contribution in [0.5, 0.6) is 0 Å². The topological polar surface area (TPSA) is 57.6 Å². The van der Waals surface area contributed by atoms with Crippen molar-refractivity contribution in [1.82, 2.24) is 4.90 Å². The highest BCUT2D eigenvalue weighted by atomic mass is 35.5. The van der Waals surface area contributed by atoms with Crippen LogP contribution < -0.4 is 0 Å². The number of hydrogen-bond acceptors (Lipinski definition) is 2. The summed E-state index contributed by atoms with van der Waals surface area (Å²) in [5.41, 5.74) is 2.18. The molecule has 0 heterocycles. The Balaban J connectivity index is 1.98. The second-order valence-electron chi connectivity index (χ2n) is 5.99. The number of aryl methyl sites for hydroxylation is 1. The second-order valence-corrected chi connectivity index (χ2v) is 6.40. The van der Waals surface area contributed by atoms with Crippen molar-refractivity contribution in [1.29, 1.82) is 0 Å². The third-order valence-electron chi connectivity index (χ3n) is 4.58. The fraction of sp³-hybridized carbons (Fsp3) is 0.263. The molecule has 0 saturated carbocycles. The Bertz CT molecular complexity index is 853. The van der Waals surface area contributed by atoms with Gasteiger partial charge < -0.3 is 10.0 Å². The summed E-state index contributed by atoms with van der Waals surface area (Å²) >= 11 is 6.07. The summed E-state index contributed by atoms with van der Waals surface area (Å²) in [5, 5.41) is 9.41. The summed E-state index contributed by atoms with van der Waals surface area (Å²) in [5.74, 6) is -1.88. The number of fused-ring (bicyclic) bond motifs is 1. The van der Waals surface area contributed by atoms with Gasteiger partial charge in [-0.2, -0.15) is 0 Å². The van der Waals surface area contributed by atoms with Crippen LogP contribution in [0.1, 0.15) is 51.2 Å². The Kier molecular flexibility index (Phi) is 4.77. The summed E-state index contributed by atoms with van der Waals surface area (Å²) in [6, 6.07) is 8.46. The van der Waals surface area contributed by atoms with Gasteiger partial charge in [-0.3, -0.25) is 4.79 Å². The van der Waals surface area contributed by atoms with E-state index in [1.54, 1.807) is 23.1 Å². The van der Waals surface area contributed by atoms with Gasteiger partial charge in [0.2, 0.25) is 0 Å². The first-order valence-corrected chi connectivity index (χ1v) is 8.42. The molecule has 0 saturated heterocycles. The number of amides is 1. The Hall–Kier alpha value is -2.40. The molecular formula is C19H17ClFNO3. The third-order valence-corrected chi connectivity index (χ3v) is 4.91. The van der Waals surface area contributed by atoms with Gasteiger partial charge in [0.25, 0.3) is 5.91 Å². The molecule has 4 nitrogen and oxygen atoms in total. The molecule has 1 N–H and O–H groups in total. The van der Waals surface area contributed by atoms with Crippen molar-refractivity contribution in [3.8, 4) is 0 Å². The number of rotatable bonds is 4. The molecule has 1 aliphatic rings. The highest BCUT2D eigenvalue weighted by molar-refractivity contribution is 6.33. The van der Waals surface area contributed by atoms with Crippen molar-refractivity contribution in [2.75, 3.05) is 6.54 Å². The van der Waals surface area contributed by atoms with Crippen molar-refractivity contribution in [2.24, 2.45) is 0 Å². The average Bonchev–Trinajstić information content (AvgIpc) is 3.00. The molecule has 1 atom stereocenters. The van der Waals surface area contributed by atoms with Crippen LogP contribution in [-0.2, 0) is 6.42 Å². The fourth-order valence-electron chi connectivity index (χ4n) is 3.36. The van der Waals surface area contributed by atoms with Gasteiger partial charge in [0.15, 0.2) is 0 Å². The molecule has 0 aromatic heterocycles. The Morgan fingerprint density at radius 1 is 1.28 bits per heavy atom. The lowest BCUT2D eigenvalue weighted by atomic mass is 10.0. The van der Waals surface area contributed by atoms with E-state index in [4.69, 9.17) is 11.6 Å². The van der Waals surface area contributed by atoms with Crippen LogP contribution in [0.3, 0.4) is 0 Å². The molecule has 6 heteroatoms. The number of carboxylic acid groups (broad SMARTS) is 1. The zero-order chi connectivity index (χ0) is 18.1. The van der Waals surface area contributed by atoms with Gasteiger partial charge in [-0.05, 0) is 61.2 Å². The van der Waals surface area contributed by atoms with Crippen LogP contribution in [0.4, 0.5) is 4.39 Å². The van der Waals surface area contributed by atoms with Gasteiger partial charge in [0.1, 0.15) is 5.82 Å². The summed E-state index contributed by atoms with van der Waals surface area (Å²) < 4.78 is 13.5. The molecule has 2 aromatic rings. The van der Waals surface area contributed by atoms with Crippen molar-refractivity contribution in [2.45, 2.75) is 25.8 Å². The average molecular weight is 362 g/mol. The molecule has 0 fully saturated rings. The molecule has 2 aromatic carbocycles. The van der Waals surface area contributed by atoms with Crippen molar-refractivity contribution in [3.05, 3.63) is 69.5 Å². The first kappa shape index (κ1) is 17.4. The SMILES string of the molecule is CCN(C(=O)c1cc(F)ccc1Cl)C1CCc2ccc(C(=O)O)cc21. The molecule has 0 spiro atoms. The molecular weight excluding hydrogens is 345 g/mol. The van der Waals surface area contributed by atoms with Gasteiger partial charge >= 0.3 is 5.97 Å². The zero-order valence-corrected chi connectivity index (χ0v) is 14.4. The van der Waals surface area contributed by atoms with Gasteiger partial charge in [-0.15, -0.1) is 0 Å². The van der Waals surface area contributed by atoms with Gasteiger partial charge in [-0.25, -0.2) is 9.18 Å². The van der Waals surface area contributed by atoms with E-state index in [2.05, 4.69) is 0 Å². The van der Waals surface area contributed by atoms with Crippen molar-refractivity contribution in [3.63, 3.8) is 0 Å². The number of carbonyl (C=O) groups excluding carboxylic acids is 1. The molecule has 0 radical (unpaired) electrons. The molecule has 25 heavy (non-hydrogen) atoms. The van der Waals surface area contributed by atoms with E-state index in [9.17, 15) is 19.1 Å². The van der Waals surface area contributed by atoms with E-state index in [0.29, 0.717) is 13.0 Å². The largest absolute Gasteiger partial charge is 0.478 e. The molecule has 1 unspecified atom stereocenters. The van der Waals surface area contributed by atoms with Crippen LogP contribution in [0.2, 0.25) is 5.02 Å². The second kappa shape index (κ2) is 6.84. The number of nitrogens with zero attached hydrogens (tertiary/aromatic N) is 1. The molecule has 0 aliphatic heterocycles. The van der Waals surface area contributed by atoms with E-state index in [-0.39, 0.29) is 28.1 Å². The predicted molar refractivity (Wildman–Crippen MR) is 92.6 cm³/mol. The third kappa shape index (κ3) is 3.24. The quantitative estimate of drug-likeness (QED) is 0.881. The summed E-state index contributed by atoms with van der Waals surface area (Å²) in [4.78, 5) is 25.8. The van der Waals surface area contributed by atoms with E-state index in [1.165, 1.54) is 12.1 Å². The predicted octanol–water partition coefficient (Wildman–Crippen LogP) is 4.33. The minimum Gasteiger partial charge on any atom is -0.478 e. The van der Waals surface area contributed by atoms with E-state index < -0.39 is 11.8 Å². The van der Waals surface area contributed by atoms with E-state index in [0.717, 1.165) is 23.6 Å². The van der Waals surface area contributed by atoms with Gasteiger partial charge in [0, 0.05) is 6.54 Å². The Morgan fingerprint density at radius 3 is 2.72 bits per heavy atom. The number of carbonyl (C=O) groups is 2. The molecule has 1 amide bonds. The maximum Gasteiger partial charge on any atom is 0.335 e. The molecule has 0 bridgehead atoms. The van der Waals surface area contributed by atoms with Crippen LogP contribution in [0.15, 0.2) is 36.4 Å². The van der Waals surface area contributed by atoms with E-state index >= 15 is 0 Å². The van der Waals surface area contributed by atoms with Crippen molar-refractivity contribution >= 4 is 23.5 Å². The summed E-state index contributed by atoms with van der Waals surface area (Å²) in [6.07, 6.45) is 1.46. The number of halogens is 2. The van der Waals surface area contributed by atoms with E-state index in [1.807, 2.05) is 6.92 Å². The van der Waals surface area contributed by atoms with Crippen molar-refractivity contribution < 1.29 is 19.1 Å². The lowest BCUT2D eigenvalue weighted by molar-refractivity contribution is 0.0687. The zero-order valence-electron chi connectivity index (χ0n) is 13.6. The normalized spacial score (nSPS) is 15.7. The first-order valence-electron chi connectivity index (χ1n) is 8.04. The van der Waals surface area contributed by atoms with Gasteiger partial charge in [-0.1, -0.05) is 17.7 Å². The summed E-state index contributed by atoms with van der Waals surface area (Å²) in [7, 11) is 0. The van der Waals surface area contributed by atoms with Gasteiger partial charge in [0.05, 0.1) is 22.2 Å². The smallest absolute Gasteiger partial charge is 0.335 e. The number of hydrogen-bond donors (Lipinski definition) is 1. The van der Waals surface area contributed by atoms with Crippen LogP contribution in [0, 0.1) is 5.82 Å². The standard InChI is InChI=1S/C19H17ClFNO3/c1-2-22(18(23)15-10-13(21)6-7-16(15)20)17-8-5-11-3-4-12(19(24)25)9-14(11)17/h3-4,6-7,9-10,17H,2,5,8H2,1H3,(H,24,25). The van der Waals surface area contributed by atoms with Crippen LogP contribution >= 0.6 is 11.6 Å². The lowest BCUT2D eigenvalue weighted by Gasteiger charge is -2.29. The maximum absolute atomic E-state index is 13.5. The monoisotopic (exact) mass is 361 g/mol. The number of benzene rings is 2. The maximum atomic E-state index is 13.5. The lowest BCUT2D eigenvalue weighted by Crippen LogP contribution is -2.34. The number of aromatic carboxylic acids is 1. The highest BCUT2D eigenvalue weighted by Crippen LogP contribution is 2.37. The Morgan fingerprint density at radius 2 is 2.04 bits per heavy atom. The highest BCUT2D eigenvalue weighted by Gasteiger charge is 2.32. The summed E-state index contributed by atoms with van der Waals surface area (Å²) in [6.45, 7) is 2.25. The van der Waals surface area contributed by atoms with Crippen LogP contribution in [-0.4, -0.2) is 28.4 Å². The molecule has 3 rings (SSSR count).